The standard InChI is InChI=1S/C10H15NO3/c1-4-8(3)11-9(12)5-7(2)6-10(13)14/h1,7-8H,5-6H2,2-3H3,(H,11,12)(H,13,14). The summed E-state index contributed by atoms with van der Waals surface area (Å²) in [6.45, 7) is 3.41. The van der Waals surface area contributed by atoms with Gasteiger partial charge in [0.25, 0.3) is 0 Å². The van der Waals surface area contributed by atoms with Crippen LogP contribution >= 0.6 is 0 Å². The molecular formula is C10H15NO3. The second-order valence-corrected chi connectivity index (χ2v) is 3.36. The third kappa shape index (κ3) is 6.06. The minimum Gasteiger partial charge on any atom is -0.481 e. The molecule has 14 heavy (non-hydrogen) atoms. The molecule has 4 heteroatoms. The Bertz CT molecular complexity index is 255. The van der Waals surface area contributed by atoms with Gasteiger partial charge in [0.2, 0.25) is 5.91 Å². The summed E-state index contributed by atoms with van der Waals surface area (Å²) in [7, 11) is 0. The van der Waals surface area contributed by atoms with Gasteiger partial charge in [0.05, 0.1) is 6.04 Å². The van der Waals surface area contributed by atoms with Crippen LogP contribution in [0.4, 0.5) is 0 Å². The number of rotatable bonds is 5. The van der Waals surface area contributed by atoms with Crippen molar-refractivity contribution < 1.29 is 14.7 Å². The summed E-state index contributed by atoms with van der Waals surface area (Å²) < 4.78 is 0. The molecule has 0 aliphatic carbocycles. The highest BCUT2D eigenvalue weighted by Crippen LogP contribution is 2.06. The highest BCUT2D eigenvalue weighted by Gasteiger charge is 2.13. The Morgan fingerprint density at radius 1 is 1.43 bits per heavy atom. The smallest absolute Gasteiger partial charge is 0.303 e. The van der Waals surface area contributed by atoms with Crippen LogP contribution in [0.15, 0.2) is 0 Å². The van der Waals surface area contributed by atoms with Crippen molar-refractivity contribution in [2.45, 2.75) is 32.7 Å². The summed E-state index contributed by atoms with van der Waals surface area (Å²) in [4.78, 5) is 21.5. The van der Waals surface area contributed by atoms with Crippen LogP contribution in [0.1, 0.15) is 26.7 Å². The van der Waals surface area contributed by atoms with Crippen LogP contribution in [-0.4, -0.2) is 23.0 Å². The molecule has 0 rings (SSSR count). The summed E-state index contributed by atoms with van der Waals surface area (Å²) >= 11 is 0. The lowest BCUT2D eigenvalue weighted by Gasteiger charge is -2.10. The summed E-state index contributed by atoms with van der Waals surface area (Å²) in [6.07, 6.45) is 5.26. The summed E-state index contributed by atoms with van der Waals surface area (Å²) in [6, 6.07) is -0.306. The molecule has 0 aromatic carbocycles. The minimum absolute atomic E-state index is 0.00213. The van der Waals surface area contributed by atoms with Crippen molar-refractivity contribution in [3.63, 3.8) is 0 Å². The van der Waals surface area contributed by atoms with Gasteiger partial charge >= 0.3 is 5.97 Å². The molecule has 0 saturated heterocycles. The molecule has 0 fully saturated rings. The van der Waals surface area contributed by atoms with E-state index in [0.717, 1.165) is 0 Å². The number of aliphatic carboxylic acids is 1. The Kier molecular flexibility index (Phi) is 5.38. The summed E-state index contributed by atoms with van der Waals surface area (Å²) in [5.74, 6) is 1.09. The van der Waals surface area contributed by atoms with Crippen LogP contribution in [0.2, 0.25) is 0 Å². The fourth-order valence-electron chi connectivity index (χ4n) is 1.03. The van der Waals surface area contributed by atoms with Crippen molar-refractivity contribution in [3.8, 4) is 12.3 Å². The number of hydrogen-bond donors (Lipinski definition) is 2. The molecule has 2 N–H and O–H groups in total. The van der Waals surface area contributed by atoms with Crippen LogP contribution in [0, 0.1) is 18.3 Å². The van der Waals surface area contributed by atoms with Crippen molar-refractivity contribution in [1.29, 1.82) is 0 Å². The lowest BCUT2D eigenvalue weighted by Crippen LogP contribution is -2.32. The van der Waals surface area contributed by atoms with Crippen LogP contribution in [0.5, 0.6) is 0 Å². The maximum absolute atomic E-state index is 11.2. The molecule has 1 amide bonds. The third-order valence-corrected chi connectivity index (χ3v) is 1.68. The van der Waals surface area contributed by atoms with Crippen LogP contribution in [-0.2, 0) is 9.59 Å². The van der Waals surface area contributed by atoms with Gasteiger partial charge < -0.3 is 10.4 Å². The van der Waals surface area contributed by atoms with E-state index in [1.807, 2.05) is 0 Å². The van der Waals surface area contributed by atoms with Gasteiger partial charge in [-0.25, -0.2) is 0 Å². The quantitative estimate of drug-likeness (QED) is 0.635. The van der Waals surface area contributed by atoms with Crippen molar-refractivity contribution in [3.05, 3.63) is 0 Å². The maximum atomic E-state index is 11.2. The Morgan fingerprint density at radius 2 is 2.00 bits per heavy atom. The van der Waals surface area contributed by atoms with Crippen LogP contribution in [0.25, 0.3) is 0 Å². The first kappa shape index (κ1) is 12.5. The van der Waals surface area contributed by atoms with E-state index in [9.17, 15) is 9.59 Å². The largest absolute Gasteiger partial charge is 0.481 e. The highest BCUT2D eigenvalue weighted by atomic mass is 16.4. The average Bonchev–Trinajstić information content (AvgIpc) is 2.01. The Labute approximate surface area is 83.7 Å². The predicted octanol–water partition coefficient (Wildman–Crippen LogP) is 0.625. The highest BCUT2D eigenvalue weighted by molar-refractivity contribution is 5.77. The molecular weight excluding hydrogens is 182 g/mol. The average molecular weight is 197 g/mol. The van der Waals surface area contributed by atoms with E-state index in [4.69, 9.17) is 11.5 Å². The number of carbonyl (C=O) groups excluding carboxylic acids is 1. The van der Waals surface area contributed by atoms with E-state index in [-0.39, 0.29) is 30.7 Å². The topological polar surface area (TPSA) is 66.4 Å². The molecule has 0 bridgehead atoms. The van der Waals surface area contributed by atoms with Crippen LogP contribution < -0.4 is 5.32 Å². The van der Waals surface area contributed by atoms with Gasteiger partial charge in [-0.3, -0.25) is 9.59 Å². The third-order valence-electron chi connectivity index (χ3n) is 1.68. The van der Waals surface area contributed by atoms with Crippen molar-refractivity contribution in [2.24, 2.45) is 5.92 Å². The van der Waals surface area contributed by atoms with Crippen molar-refractivity contribution in [1.82, 2.24) is 5.32 Å². The number of carboxylic acids is 1. The van der Waals surface area contributed by atoms with Gasteiger partial charge in [-0.1, -0.05) is 12.8 Å². The second kappa shape index (κ2) is 6.03. The van der Waals surface area contributed by atoms with Gasteiger partial charge in [0, 0.05) is 12.8 Å². The van der Waals surface area contributed by atoms with Crippen LogP contribution in [0.3, 0.4) is 0 Å². The first-order valence-electron chi connectivity index (χ1n) is 4.43. The zero-order chi connectivity index (χ0) is 11.1. The lowest BCUT2D eigenvalue weighted by atomic mass is 10.0. The fraction of sp³-hybridized carbons (Fsp3) is 0.600. The molecule has 0 aliphatic heterocycles. The predicted molar refractivity (Wildman–Crippen MR) is 52.5 cm³/mol. The monoisotopic (exact) mass is 197 g/mol. The van der Waals surface area contributed by atoms with Crippen molar-refractivity contribution >= 4 is 11.9 Å². The number of nitrogens with one attached hydrogen (secondary N) is 1. The van der Waals surface area contributed by atoms with Crippen molar-refractivity contribution in [2.75, 3.05) is 0 Å². The Morgan fingerprint density at radius 3 is 2.43 bits per heavy atom. The zero-order valence-electron chi connectivity index (χ0n) is 8.41. The van der Waals surface area contributed by atoms with E-state index in [1.165, 1.54) is 0 Å². The zero-order valence-corrected chi connectivity index (χ0v) is 8.41. The molecule has 78 valence electrons. The number of hydrogen-bond acceptors (Lipinski definition) is 2. The summed E-state index contributed by atoms with van der Waals surface area (Å²) in [5, 5.41) is 11.0. The van der Waals surface area contributed by atoms with E-state index < -0.39 is 5.97 Å². The van der Waals surface area contributed by atoms with Gasteiger partial charge in [-0.2, -0.15) is 0 Å². The molecule has 0 aromatic rings. The van der Waals surface area contributed by atoms with Gasteiger partial charge in [-0.05, 0) is 12.8 Å². The number of terminal acetylenes is 1. The first-order chi connectivity index (χ1) is 6.45. The van der Waals surface area contributed by atoms with Gasteiger partial charge in [0.15, 0.2) is 0 Å². The van der Waals surface area contributed by atoms with Gasteiger partial charge in [0.1, 0.15) is 0 Å². The molecule has 2 unspecified atom stereocenters. The number of amides is 1. The molecule has 0 aromatic heterocycles. The van der Waals surface area contributed by atoms with E-state index in [1.54, 1.807) is 13.8 Å². The fourth-order valence-corrected chi connectivity index (χ4v) is 1.03. The minimum atomic E-state index is -0.893. The first-order valence-corrected chi connectivity index (χ1v) is 4.43. The number of carbonyl (C=O) groups is 2. The normalized spacial score (nSPS) is 13.8. The second-order valence-electron chi connectivity index (χ2n) is 3.36. The van der Waals surface area contributed by atoms with E-state index >= 15 is 0 Å². The summed E-state index contributed by atoms with van der Waals surface area (Å²) in [5.41, 5.74) is 0. The molecule has 0 spiro atoms. The maximum Gasteiger partial charge on any atom is 0.303 e. The molecule has 2 atom stereocenters. The molecule has 4 nitrogen and oxygen atoms in total. The number of carboxylic acid groups (broad SMARTS) is 1. The Balaban J connectivity index is 3.83. The van der Waals surface area contributed by atoms with Gasteiger partial charge in [-0.15, -0.1) is 6.42 Å². The molecule has 0 heterocycles. The SMILES string of the molecule is C#CC(C)NC(=O)CC(C)CC(=O)O. The molecule has 0 radical (unpaired) electrons. The molecule has 0 saturated carbocycles. The van der Waals surface area contributed by atoms with E-state index in [0.29, 0.717) is 0 Å². The molecule has 0 aliphatic rings. The van der Waals surface area contributed by atoms with E-state index in [2.05, 4.69) is 11.2 Å². The Hall–Kier alpha value is -1.50. The lowest BCUT2D eigenvalue weighted by molar-refractivity contribution is -0.138.